The Balaban J connectivity index is 2.11. The van der Waals surface area contributed by atoms with Gasteiger partial charge in [0, 0.05) is 0 Å². The van der Waals surface area contributed by atoms with Gasteiger partial charge >= 0.3 is 0 Å². The van der Waals surface area contributed by atoms with E-state index in [0.29, 0.717) is 5.92 Å². The van der Waals surface area contributed by atoms with E-state index in [9.17, 15) is 0 Å². The Kier molecular flexibility index (Phi) is 1.83. The standard InChI is InChI=1S/C12H10S2/c1-2-7-10-8-5-3-4-6-9(8)14-12(13)11(7)10/h2-3,5,11H,1,4,6H2. The summed E-state index contributed by atoms with van der Waals surface area (Å²) in [6, 6.07) is 0. The van der Waals surface area contributed by atoms with Crippen LogP contribution in [0, 0.1) is 5.92 Å². The normalized spacial score (nSPS) is 28.9. The summed E-state index contributed by atoms with van der Waals surface area (Å²) in [4.78, 5) is 1.47. The first kappa shape index (κ1) is 8.69. The number of thiocarbonyl (C=S) groups is 1. The minimum atomic E-state index is 0.453. The molecule has 3 rings (SSSR count). The van der Waals surface area contributed by atoms with E-state index in [4.69, 9.17) is 12.2 Å². The summed E-state index contributed by atoms with van der Waals surface area (Å²) >= 11 is 7.21. The number of allylic oxidation sites excluding steroid dienone is 7. The third kappa shape index (κ3) is 1.04. The second-order valence-corrected chi connectivity index (χ2v) is 5.54. The molecule has 0 aromatic carbocycles. The first-order valence-corrected chi connectivity index (χ1v) is 6.03. The third-order valence-corrected chi connectivity index (χ3v) is 4.51. The molecule has 1 atom stereocenters. The molecule has 0 aromatic rings. The lowest BCUT2D eigenvalue weighted by Crippen LogP contribution is -2.06. The zero-order valence-electron chi connectivity index (χ0n) is 7.75. The fourth-order valence-corrected chi connectivity index (χ4v) is 3.85. The minimum absolute atomic E-state index is 0.453. The molecule has 1 unspecified atom stereocenters. The fourth-order valence-electron chi connectivity index (χ4n) is 2.19. The van der Waals surface area contributed by atoms with Crippen LogP contribution in [0.15, 0.2) is 46.4 Å². The van der Waals surface area contributed by atoms with Crippen molar-refractivity contribution in [3.63, 3.8) is 0 Å². The number of hydrogen-bond acceptors (Lipinski definition) is 2. The highest BCUT2D eigenvalue weighted by atomic mass is 32.2. The molecule has 0 N–H and O–H groups in total. The van der Waals surface area contributed by atoms with E-state index >= 15 is 0 Å². The Morgan fingerprint density at radius 2 is 2.43 bits per heavy atom. The number of fused-ring (bicyclic) bond motifs is 2. The second-order valence-electron chi connectivity index (χ2n) is 3.71. The van der Waals surface area contributed by atoms with Crippen LogP contribution >= 0.6 is 24.0 Å². The molecule has 0 fully saturated rings. The van der Waals surface area contributed by atoms with E-state index in [2.05, 4.69) is 18.7 Å². The molecule has 1 aliphatic heterocycles. The average molecular weight is 218 g/mol. The molecule has 0 saturated carbocycles. The van der Waals surface area contributed by atoms with Crippen molar-refractivity contribution in [3.05, 3.63) is 46.4 Å². The van der Waals surface area contributed by atoms with Crippen LogP contribution < -0.4 is 0 Å². The molecule has 0 nitrogen and oxygen atoms in total. The zero-order valence-corrected chi connectivity index (χ0v) is 9.38. The van der Waals surface area contributed by atoms with E-state index in [0.717, 1.165) is 17.0 Å². The highest BCUT2D eigenvalue weighted by Crippen LogP contribution is 2.56. The molecule has 70 valence electrons. The summed E-state index contributed by atoms with van der Waals surface area (Å²) in [5, 5.41) is 0. The molecular formula is C12H10S2. The summed E-state index contributed by atoms with van der Waals surface area (Å²) in [6.07, 6.45) is 8.81. The van der Waals surface area contributed by atoms with Crippen LogP contribution in [0.1, 0.15) is 12.8 Å². The van der Waals surface area contributed by atoms with Gasteiger partial charge in [-0.3, -0.25) is 0 Å². The molecular weight excluding hydrogens is 208 g/mol. The minimum Gasteiger partial charge on any atom is -0.0987 e. The Labute approximate surface area is 93.5 Å². The first-order chi connectivity index (χ1) is 6.83. The van der Waals surface area contributed by atoms with E-state index in [1.165, 1.54) is 21.6 Å². The van der Waals surface area contributed by atoms with E-state index in [1.54, 1.807) is 0 Å². The second kappa shape index (κ2) is 2.94. The van der Waals surface area contributed by atoms with Gasteiger partial charge in [-0.05, 0) is 34.5 Å². The molecule has 0 aromatic heterocycles. The maximum atomic E-state index is 5.40. The number of hydrogen-bond donors (Lipinski definition) is 0. The van der Waals surface area contributed by atoms with Gasteiger partial charge in [-0.1, -0.05) is 48.8 Å². The van der Waals surface area contributed by atoms with Crippen LogP contribution in [0.25, 0.3) is 0 Å². The van der Waals surface area contributed by atoms with E-state index in [1.807, 2.05) is 17.8 Å². The predicted molar refractivity (Wildman–Crippen MR) is 66.3 cm³/mol. The Morgan fingerprint density at radius 3 is 3.21 bits per heavy atom. The van der Waals surface area contributed by atoms with Gasteiger partial charge in [0.15, 0.2) is 0 Å². The van der Waals surface area contributed by atoms with Gasteiger partial charge in [0.2, 0.25) is 0 Å². The van der Waals surface area contributed by atoms with Crippen molar-refractivity contribution >= 4 is 28.2 Å². The number of rotatable bonds is 1. The maximum absolute atomic E-state index is 5.40. The van der Waals surface area contributed by atoms with Gasteiger partial charge in [0.05, 0.1) is 10.1 Å². The lowest BCUT2D eigenvalue weighted by Gasteiger charge is -2.19. The number of thioether (sulfide) groups is 1. The highest BCUT2D eigenvalue weighted by molar-refractivity contribution is 8.25. The Morgan fingerprint density at radius 1 is 1.57 bits per heavy atom. The highest BCUT2D eigenvalue weighted by Gasteiger charge is 2.44. The van der Waals surface area contributed by atoms with Gasteiger partial charge in [-0.15, -0.1) is 0 Å². The van der Waals surface area contributed by atoms with Crippen LogP contribution in [0.5, 0.6) is 0 Å². The van der Waals surface area contributed by atoms with Gasteiger partial charge in [0.25, 0.3) is 0 Å². The zero-order chi connectivity index (χ0) is 9.71. The van der Waals surface area contributed by atoms with Crippen LogP contribution in [0.3, 0.4) is 0 Å². The van der Waals surface area contributed by atoms with Crippen LogP contribution in [-0.2, 0) is 0 Å². The lowest BCUT2D eigenvalue weighted by molar-refractivity contribution is 1.00. The lowest BCUT2D eigenvalue weighted by atomic mass is 10.0. The summed E-state index contributed by atoms with van der Waals surface area (Å²) in [6.45, 7) is 3.85. The monoisotopic (exact) mass is 218 g/mol. The van der Waals surface area contributed by atoms with Gasteiger partial charge in [0.1, 0.15) is 0 Å². The Bertz CT molecular complexity index is 435. The van der Waals surface area contributed by atoms with Gasteiger partial charge in [-0.2, -0.15) is 0 Å². The van der Waals surface area contributed by atoms with Crippen molar-refractivity contribution in [2.45, 2.75) is 12.8 Å². The molecule has 0 saturated heterocycles. The average Bonchev–Trinajstić information content (AvgIpc) is 2.93. The Hall–Kier alpha value is -0.600. The molecule has 3 aliphatic rings. The van der Waals surface area contributed by atoms with E-state index in [-0.39, 0.29) is 0 Å². The van der Waals surface area contributed by atoms with Crippen molar-refractivity contribution in [3.8, 4) is 0 Å². The largest absolute Gasteiger partial charge is 0.0987 e. The molecule has 0 bridgehead atoms. The molecule has 0 spiro atoms. The summed E-state index contributed by atoms with van der Waals surface area (Å²) in [5.74, 6) is 0.453. The van der Waals surface area contributed by atoms with Gasteiger partial charge in [-0.25, -0.2) is 0 Å². The molecule has 1 heterocycles. The third-order valence-electron chi connectivity index (χ3n) is 2.92. The molecule has 14 heavy (non-hydrogen) atoms. The smallest absolute Gasteiger partial charge is 0.0643 e. The SMILES string of the molecule is C=CC1=C2C3=C(CCC=C3)SC(=S)C12. The summed E-state index contributed by atoms with van der Waals surface area (Å²) < 4.78 is 1.13. The molecule has 0 amide bonds. The molecule has 2 heteroatoms. The van der Waals surface area contributed by atoms with Crippen molar-refractivity contribution in [1.82, 2.24) is 0 Å². The quantitative estimate of drug-likeness (QED) is 0.614. The topological polar surface area (TPSA) is 0 Å². The van der Waals surface area contributed by atoms with E-state index < -0.39 is 0 Å². The van der Waals surface area contributed by atoms with Crippen molar-refractivity contribution in [2.24, 2.45) is 5.92 Å². The maximum Gasteiger partial charge on any atom is 0.0643 e. The van der Waals surface area contributed by atoms with Crippen LogP contribution in [0.4, 0.5) is 0 Å². The summed E-state index contributed by atoms with van der Waals surface area (Å²) in [7, 11) is 0. The molecule has 2 aliphatic carbocycles. The predicted octanol–water partition coefficient (Wildman–Crippen LogP) is 3.78. The fraction of sp³-hybridized carbons (Fsp3) is 0.250. The van der Waals surface area contributed by atoms with Crippen LogP contribution in [-0.4, -0.2) is 4.20 Å². The van der Waals surface area contributed by atoms with Crippen molar-refractivity contribution in [2.75, 3.05) is 0 Å². The van der Waals surface area contributed by atoms with Crippen LogP contribution in [0.2, 0.25) is 0 Å². The van der Waals surface area contributed by atoms with Crippen molar-refractivity contribution < 1.29 is 0 Å². The van der Waals surface area contributed by atoms with Crippen molar-refractivity contribution in [1.29, 1.82) is 0 Å². The molecule has 0 radical (unpaired) electrons. The van der Waals surface area contributed by atoms with Gasteiger partial charge < -0.3 is 0 Å². The summed E-state index contributed by atoms with van der Waals surface area (Å²) in [5.41, 5.74) is 4.25. The first-order valence-electron chi connectivity index (χ1n) is 4.81.